The third-order valence-corrected chi connectivity index (χ3v) is 5.76. The second-order valence-electron chi connectivity index (χ2n) is 7.64. The molecule has 8 nitrogen and oxygen atoms in total. The minimum Gasteiger partial charge on any atom is -0.325 e. The van der Waals surface area contributed by atoms with Crippen LogP contribution in [0.15, 0.2) is 52.4 Å². The number of amides is 1. The fourth-order valence-corrected chi connectivity index (χ4v) is 3.89. The second-order valence-corrected chi connectivity index (χ2v) is 8.59. The van der Waals surface area contributed by atoms with Crippen molar-refractivity contribution < 1.29 is 9.72 Å². The highest BCUT2D eigenvalue weighted by Crippen LogP contribution is 2.23. The van der Waals surface area contributed by atoms with Crippen LogP contribution in [0.25, 0.3) is 10.9 Å². The predicted molar refractivity (Wildman–Crippen MR) is 123 cm³/mol. The van der Waals surface area contributed by atoms with Crippen LogP contribution in [0, 0.1) is 23.0 Å². The van der Waals surface area contributed by atoms with Crippen molar-refractivity contribution in [3.05, 3.63) is 68.5 Å². The summed E-state index contributed by atoms with van der Waals surface area (Å²) in [6.07, 6.45) is 0.821. The molecule has 0 atom stereocenters. The zero-order chi connectivity index (χ0) is 22.5. The van der Waals surface area contributed by atoms with Crippen molar-refractivity contribution in [3.63, 3.8) is 0 Å². The highest BCUT2D eigenvalue weighted by molar-refractivity contribution is 7.99. The molecule has 1 heterocycles. The van der Waals surface area contributed by atoms with E-state index in [9.17, 15) is 19.7 Å². The van der Waals surface area contributed by atoms with Crippen LogP contribution in [0.5, 0.6) is 0 Å². The van der Waals surface area contributed by atoms with Gasteiger partial charge in [-0.2, -0.15) is 0 Å². The molecule has 9 heteroatoms. The summed E-state index contributed by atoms with van der Waals surface area (Å²) in [5.41, 5.74) is 1.58. The van der Waals surface area contributed by atoms with Crippen LogP contribution in [0.4, 0.5) is 11.4 Å². The number of non-ortho nitro benzene ring substituents is 1. The molecule has 0 spiro atoms. The number of nitro groups is 1. The Morgan fingerprint density at radius 2 is 2.00 bits per heavy atom. The molecule has 0 aliphatic heterocycles. The SMILES string of the molecule is Cc1cc([N+](=O)[O-])ccc1NC(=O)CSc1nc2ccccc2c(=O)n1CCC(C)C. The summed E-state index contributed by atoms with van der Waals surface area (Å²) in [6, 6.07) is 11.5. The quantitative estimate of drug-likeness (QED) is 0.241. The summed E-state index contributed by atoms with van der Waals surface area (Å²) >= 11 is 1.20. The smallest absolute Gasteiger partial charge is 0.269 e. The van der Waals surface area contributed by atoms with Crippen molar-refractivity contribution in [2.24, 2.45) is 5.92 Å². The van der Waals surface area contributed by atoms with E-state index < -0.39 is 4.92 Å². The Balaban J connectivity index is 1.79. The van der Waals surface area contributed by atoms with Gasteiger partial charge in [-0.25, -0.2) is 4.98 Å². The Bertz CT molecular complexity index is 1190. The van der Waals surface area contributed by atoms with Gasteiger partial charge in [0.05, 0.1) is 21.6 Å². The molecule has 0 unspecified atom stereocenters. The van der Waals surface area contributed by atoms with Crippen molar-refractivity contribution in [3.8, 4) is 0 Å². The van der Waals surface area contributed by atoms with Gasteiger partial charge in [0.1, 0.15) is 0 Å². The third-order valence-electron chi connectivity index (χ3n) is 4.78. The molecule has 162 valence electrons. The number of nitrogens with zero attached hydrogens (tertiary/aromatic N) is 3. The molecule has 0 aliphatic carbocycles. The second kappa shape index (κ2) is 9.74. The van der Waals surface area contributed by atoms with E-state index >= 15 is 0 Å². The predicted octanol–water partition coefficient (Wildman–Crippen LogP) is 4.39. The Labute approximate surface area is 183 Å². The van der Waals surface area contributed by atoms with Crippen LogP contribution in [-0.4, -0.2) is 26.1 Å². The van der Waals surface area contributed by atoms with E-state index in [2.05, 4.69) is 24.1 Å². The summed E-state index contributed by atoms with van der Waals surface area (Å²) < 4.78 is 1.64. The van der Waals surface area contributed by atoms with Crippen molar-refractivity contribution >= 4 is 39.9 Å². The van der Waals surface area contributed by atoms with Gasteiger partial charge in [-0.15, -0.1) is 0 Å². The number of carbonyl (C=O) groups excluding carboxylic acids is 1. The molecule has 0 radical (unpaired) electrons. The van der Waals surface area contributed by atoms with E-state index in [1.165, 1.54) is 30.0 Å². The summed E-state index contributed by atoms with van der Waals surface area (Å²) in [4.78, 5) is 40.5. The zero-order valence-corrected chi connectivity index (χ0v) is 18.4. The number of fused-ring (bicyclic) bond motifs is 1. The number of aryl methyl sites for hydroxylation is 1. The first kappa shape index (κ1) is 22.5. The lowest BCUT2D eigenvalue weighted by molar-refractivity contribution is -0.384. The fourth-order valence-electron chi connectivity index (χ4n) is 3.06. The number of para-hydroxylation sites is 1. The molecule has 2 aromatic carbocycles. The molecule has 3 rings (SSSR count). The van der Waals surface area contributed by atoms with Gasteiger partial charge >= 0.3 is 0 Å². The molecule has 0 bridgehead atoms. The lowest BCUT2D eigenvalue weighted by atomic mass is 10.1. The molecule has 1 amide bonds. The van der Waals surface area contributed by atoms with Gasteiger partial charge in [0.25, 0.3) is 11.2 Å². The van der Waals surface area contributed by atoms with Crippen molar-refractivity contribution in [2.75, 3.05) is 11.1 Å². The van der Waals surface area contributed by atoms with Crippen LogP contribution >= 0.6 is 11.8 Å². The van der Waals surface area contributed by atoms with E-state index in [0.29, 0.717) is 39.8 Å². The number of aromatic nitrogens is 2. The maximum Gasteiger partial charge on any atom is 0.269 e. The first-order chi connectivity index (χ1) is 14.8. The van der Waals surface area contributed by atoms with Gasteiger partial charge in [-0.1, -0.05) is 37.7 Å². The average Bonchev–Trinajstić information content (AvgIpc) is 2.73. The Kier molecular flexibility index (Phi) is 7.06. The maximum absolute atomic E-state index is 13.0. The molecular weight excluding hydrogens is 416 g/mol. The number of hydrogen-bond acceptors (Lipinski definition) is 6. The number of nitro benzene ring substituents is 1. The normalized spacial score (nSPS) is 11.1. The molecule has 0 fully saturated rings. The van der Waals surface area contributed by atoms with Crippen LogP contribution in [0.1, 0.15) is 25.8 Å². The number of benzene rings is 2. The maximum atomic E-state index is 13.0. The highest BCUT2D eigenvalue weighted by Gasteiger charge is 2.15. The summed E-state index contributed by atoms with van der Waals surface area (Å²) in [6.45, 7) is 6.41. The standard InChI is InChI=1S/C22H24N4O4S/c1-14(2)10-11-25-21(28)17-6-4-5-7-19(17)24-22(25)31-13-20(27)23-18-9-8-16(26(29)30)12-15(18)3/h4-9,12,14H,10-11,13H2,1-3H3,(H,23,27). The molecule has 0 saturated heterocycles. The monoisotopic (exact) mass is 440 g/mol. The molecule has 1 aromatic heterocycles. The van der Waals surface area contributed by atoms with E-state index in [0.717, 1.165) is 6.42 Å². The van der Waals surface area contributed by atoms with Crippen molar-refractivity contribution in [1.82, 2.24) is 9.55 Å². The van der Waals surface area contributed by atoms with Crippen molar-refractivity contribution in [2.45, 2.75) is 38.9 Å². The fraction of sp³-hybridized carbons (Fsp3) is 0.318. The van der Waals surface area contributed by atoms with Crippen LogP contribution in [0.2, 0.25) is 0 Å². The summed E-state index contributed by atoms with van der Waals surface area (Å²) in [7, 11) is 0. The van der Waals surface area contributed by atoms with Crippen molar-refractivity contribution in [1.29, 1.82) is 0 Å². The number of hydrogen-bond donors (Lipinski definition) is 1. The molecule has 0 aliphatic rings. The van der Waals surface area contributed by atoms with Crippen LogP contribution in [-0.2, 0) is 11.3 Å². The van der Waals surface area contributed by atoms with Gasteiger partial charge in [-0.05, 0) is 43.0 Å². The van der Waals surface area contributed by atoms with Crippen LogP contribution in [0.3, 0.4) is 0 Å². The Morgan fingerprint density at radius 1 is 1.26 bits per heavy atom. The number of anilines is 1. The molecule has 0 saturated carbocycles. The molecule has 3 aromatic rings. The first-order valence-electron chi connectivity index (χ1n) is 9.93. The highest BCUT2D eigenvalue weighted by atomic mass is 32.2. The molecule has 31 heavy (non-hydrogen) atoms. The molecular formula is C22H24N4O4S. The Hall–Kier alpha value is -3.20. The minimum absolute atomic E-state index is 0.0283. The zero-order valence-electron chi connectivity index (χ0n) is 17.6. The summed E-state index contributed by atoms with van der Waals surface area (Å²) in [5, 5.41) is 14.7. The van der Waals surface area contributed by atoms with E-state index in [-0.39, 0.29) is 22.9 Å². The van der Waals surface area contributed by atoms with Gasteiger partial charge in [0.2, 0.25) is 5.91 Å². The number of rotatable bonds is 8. The van der Waals surface area contributed by atoms with E-state index in [1.54, 1.807) is 23.6 Å². The topological polar surface area (TPSA) is 107 Å². The Morgan fingerprint density at radius 3 is 2.68 bits per heavy atom. The lowest BCUT2D eigenvalue weighted by Crippen LogP contribution is -2.25. The minimum atomic E-state index is -0.476. The summed E-state index contributed by atoms with van der Waals surface area (Å²) in [5.74, 6) is 0.201. The average molecular weight is 441 g/mol. The largest absolute Gasteiger partial charge is 0.325 e. The number of thioether (sulfide) groups is 1. The lowest BCUT2D eigenvalue weighted by Gasteiger charge is -2.14. The molecule has 1 N–H and O–H groups in total. The van der Waals surface area contributed by atoms with Crippen LogP contribution < -0.4 is 10.9 Å². The van der Waals surface area contributed by atoms with Gasteiger partial charge in [0, 0.05) is 24.4 Å². The van der Waals surface area contributed by atoms with E-state index in [4.69, 9.17) is 0 Å². The number of nitrogens with one attached hydrogen (secondary N) is 1. The van der Waals surface area contributed by atoms with Gasteiger partial charge in [0.15, 0.2) is 5.16 Å². The third kappa shape index (κ3) is 5.49. The van der Waals surface area contributed by atoms with E-state index in [1.807, 2.05) is 12.1 Å². The van der Waals surface area contributed by atoms with Gasteiger partial charge < -0.3 is 5.32 Å². The van der Waals surface area contributed by atoms with Gasteiger partial charge in [-0.3, -0.25) is 24.3 Å². The number of carbonyl (C=O) groups is 1. The first-order valence-corrected chi connectivity index (χ1v) is 10.9.